The van der Waals surface area contributed by atoms with E-state index in [9.17, 15) is 5.11 Å². The van der Waals surface area contributed by atoms with Crippen LogP contribution in [0.2, 0.25) is 0 Å². The summed E-state index contributed by atoms with van der Waals surface area (Å²) in [4.78, 5) is 0. The number of aliphatic hydroxyl groups is 1. The molecule has 0 bridgehead atoms. The molecule has 0 saturated heterocycles. The monoisotopic (exact) mass is 258 g/mol. The van der Waals surface area contributed by atoms with Crippen LogP contribution >= 0.6 is 0 Å². The van der Waals surface area contributed by atoms with Crippen LogP contribution in [0.15, 0.2) is 18.2 Å². The number of hydrogen-bond donors (Lipinski definition) is 1. The summed E-state index contributed by atoms with van der Waals surface area (Å²) in [5.74, 6) is 6.46. The molecule has 1 heteroatoms. The van der Waals surface area contributed by atoms with E-state index in [0.717, 1.165) is 18.4 Å². The van der Waals surface area contributed by atoms with Gasteiger partial charge in [-0.05, 0) is 44.2 Å². The lowest BCUT2D eigenvalue weighted by Crippen LogP contribution is -2.17. The fraction of sp³-hybridized carbons (Fsp3) is 0.556. The minimum Gasteiger partial charge on any atom is -0.380 e. The van der Waals surface area contributed by atoms with Crippen molar-refractivity contribution in [3.8, 4) is 11.8 Å². The van der Waals surface area contributed by atoms with Crippen LogP contribution in [0.3, 0.4) is 0 Å². The van der Waals surface area contributed by atoms with Gasteiger partial charge in [0.2, 0.25) is 0 Å². The van der Waals surface area contributed by atoms with Crippen molar-refractivity contribution in [3.63, 3.8) is 0 Å². The Kier molecular flexibility index (Phi) is 6.67. The molecule has 0 aliphatic heterocycles. The standard InChI is InChI=1S/C18H26O/c1-5-7-8-16(6-2)18(19)12-11-17-10-9-14(3)13-15(17)4/h9-10,13,16,18-19H,5-8H2,1-4H3. The molecule has 2 atom stereocenters. The molecule has 0 radical (unpaired) electrons. The minimum atomic E-state index is -0.503. The van der Waals surface area contributed by atoms with Gasteiger partial charge in [-0.15, -0.1) is 0 Å². The van der Waals surface area contributed by atoms with Gasteiger partial charge < -0.3 is 5.11 Å². The Hall–Kier alpha value is -1.26. The van der Waals surface area contributed by atoms with Gasteiger partial charge in [-0.1, -0.05) is 56.2 Å². The van der Waals surface area contributed by atoms with E-state index in [1.807, 2.05) is 6.07 Å². The molecular formula is C18H26O. The molecule has 1 nitrogen and oxygen atoms in total. The zero-order valence-corrected chi connectivity index (χ0v) is 12.7. The van der Waals surface area contributed by atoms with Gasteiger partial charge in [-0.2, -0.15) is 0 Å². The second-order valence-electron chi connectivity index (χ2n) is 5.34. The van der Waals surface area contributed by atoms with Crippen LogP contribution in [-0.2, 0) is 0 Å². The van der Waals surface area contributed by atoms with Crippen molar-refractivity contribution in [2.75, 3.05) is 0 Å². The first-order chi connectivity index (χ1) is 9.08. The average Bonchev–Trinajstić information content (AvgIpc) is 2.38. The Morgan fingerprint density at radius 1 is 1.21 bits per heavy atom. The summed E-state index contributed by atoms with van der Waals surface area (Å²) < 4.78 is 0. The third kappa shape index (κ3) is 5.09. The highest BCUT2D eigenvalue weighted by Crippen LogP contribution is 2.17. The lowest BCUT2D eigenvalue weighted by Gasteiger charge is -2.16. The van der Waals surface area contributed by atoms with E-state index in [-0.39, 0.29) is 0 Å². The van der Waals surface area contributed by atoms with Crippen LogP contribution in [0, 0.1) is 31.6 Å². The highest BCUT2D eigenvalue weighted by atomic mass is 16.3. The Balaban J connectivity index is 2.74. The molecule has 0 fully saturated rings. The van der Waals surface area contributed by atoms with Crippen molar-refractivity contribution in [1.29, 1.82) is 0 Å². The maximum absolute atomic E-state index is 10.2. The molecule has 0 aromatic heterocycles. The molecule has 1 aromatic carbocycles. The second-order valence-corrected chi connectivity index (χ2v) is 5.34. The maximum Gasteiger partial charge on any atom is 0.117 e. The highest BCUT2D eigenvalue weighted by Gasteiger charge is 2.14. The molecule has 1 N–H and O–H groups in total. The van der Waals surface area contributed by atoms with Crippen molar-refractivity contribution in [1.82, 2.24) is 0 Å². The van der Waals surface area contributed by atoms with E-state index in [4.69, 9.17) is 0 Å². The fourth-order valence-corrected chi connectivity index (χ4v) is 2.27. The molecule has 19 heavy (non-hydrogen) atoms. The zero-order chi connectivity index (χ0) is 14.3. The molecular weight excluding hydrogens is 232 g/mol. The van der Waals surface area contributed by atoms with Crippen LogP contribution < -0.4 is 0 Å². The van der Waals surface area contributed by atoms with Crippen molar-refractivity contribution in [2.45, 2.75) is 59.5 Å². The first-order valence-electron chi connectivity index (χ1n) is 7.35. The van der Waals surface area contributed by atoms with Gasteiger partial charge in [0.25, 0.3) is 0 Å². The van der Waals surface area contributed by atoms with E-state index in [1.165, 1.54) is 24.0 Å². The highest BCUT2D eigenvalue weighted by molar-refractivity contribution is 5.43. The third-order valence-corrected chi connectivity index (χ3v) is 3.64. The van der Waals surface area contributed by atoms with Crippen LogP contribution in [0.1, 0.15) is 56.2 Å². The molecule has 1 rings (SSSR count). The molecule has 0 heterocycles. The van der Waals surface area contributed by atoms with Crippen LogP contribution in [0.25, 0.3) is 0 Å². The number of unbranched alkanes of at least 4 members (excludes halogenated alkanes) is 1. The van der Waals surface area contributed by atoms with Crippen molar-refractivity contribution >= 4 is 0 Å². The molecule has 2 unspecified atom stereocenters. The van der Waals surface area contributed by atoms with Crippen molar-refractivity contribution in [3.05, 3.63) is 34.9 Å². The largest absolute Gasteiger partial charge is 0.380 e. The van der Waals surface area contributed by atoms with Gasteiger partial charge in [0.15, 0.2) is 0 Å². The summed E-state index contributed by atoms with van der Waals surface area (Å²) >= 11 is 0. The van der Waals surface area contributed by atoms with Gasteiger partial charge in [0.1, 0.15) is 6.10 Å². The van der Waals surface area contributed by atoms with E-state index in [1.54, 1.807) is 0 Å². The van der Waals surface area contributed by atoms with E-state index < -0.39 is 6.10 Å². The van der Waals surface area contributed by atoms with Crippen molar-refractivity contribution in [2.24, 2.45) is 5.92 Å². The lowest BCUT2D eigenvalue weighted by atomic mass is 9.93. The van der Waals surface area contributed by atoms with Gasteiger partial charge >= 0.3 is 0 Å². The summed E-state index contributed by atoms with van der Waals surface area (Å²) in [6.45, 7) is 8.46. The van der Waals surface area contributed by atoms with Gasteiger partial charge in [0.05, 0.1) is 0 Å². The van der Waals surface area contributed by atoms with Crippen LogP contribution in [0.5, 0.6) is 0 Å². The zero-order valence-electron chi connectivity index (χ0n) is 12.7. The molecule has 0 aliphatic carbocycles. The molecule has 0 aliphatic rings. The smallest absolute Gasteiger partial charge is 0.117 e. The van der Waals surface area contributed by atoms with E-state index in [0.29, 0.717) is 5.92 Å². The normalized spacial score (nSPS) is 13.5. The molecule has 1 aromatic rings. The quantitative estimate of drug-likeness (QED) is 0.784. The minimum absolute atomic E-state index is 0.304. The number of aliphatic hydroxyl groups excluding tert-OH is 1. The van der Waals surface area contributed by atoms with Gasteiger partial charge in [-0.3, -0.25) is 0 Å². The summed E-state index contributed by atoms with van der Waals surface area (Å²) in [6, 6.07) is 6.24. The number of benzene rings is 1. The van der Waals surface area contributed by atoms with Gasteiger partial charge in [-0.25, -0.2) is 0 Å². The van der Waals surface area contributed by atoms with Gasteiger partial charge in [0, 0.05) is 5.56 Å². The molecule has 0 saturated carbocycles. The van der Waals surface area contributed by atoms with E-state index in [2.05, 4.69) is 51.7 Å². The third-order valence-electron chi connectivity index (χ3n) is 3.64. The maximum atomic E-state index is 10.2. The average molecular weight is 258 g/mol. The summed E-state index contributed by atoms with van der Waals surface area (Å²) in [5, 5.41) is 10.2. The van der Waals surface area contributed by atoms with E-state index >= 15 is 0 Å². The fourth-order valence-electron chi connectivity index (χ4n) is 2.27. The molecule has 0 amide bonds. The second kappa shape index (κ2) is 8.02. The Morgan fingerprint density at radius 3 is 2.53 bits per heavy atom. The number of hydrogen-bond acceptors (Lipinski definition) is 1. The van der Waals surface area contributed by atoms with Crippen LogP contribution in [-0.4, -0.2) is 11.2 Å². The predicted octanol–water partition coefficient (Wildman–Crippen LogP) is 4.23. The predicted molar refractivity (Wildman–Crippen MR) is 82.1 cm³/mol. The Bertz CT molecular complexity index is 450. The summed E-state index contributed by atoms with van der Waals surface area (Å²) in [7, 11) is 0. The SMILES string of the molecule is CCCCC(CC)C(O)C#Cc1ccc(C)cc1C. The van der Waals surface area contributed by atoms with Crippen molar-refractivity contribution < 1.29 is 5.11 Å². The topological polar surface area (TPSA) is 20.2 Å². The Morgan fingerprint density at radius 2 is 1.95 bits per heavy atom. The summed E-state index contributed by atoms with van der Waals surface area (Å²) in [6.07, 6.45) is 3.89. The summed E-state index contributed by atoms with van der Waals surface area (Å²) in [5.41, 5.74) is 3.45. The number of rotatable bonds is 5. The molecule has 104 valence electrons. The Labute approximate surface area is 118 Å². The first kappa shape index (κ1) is 15.8. The lowest BCUT2D eigenvalue weighted by molar-refractivity contribution is 0.150. The van der Waals surface area contributed by atoms with Crippen LogP contribution in [0.4, 0.5) is 0 Å². The first-order valence-corrected chi connectivity index (χ1v) is 7.35. The molecule has 0 spiro atoms. The number of aryl methyl sites for hydroxylation is 2.